The fraction of sp³-hybridized carbons (Fsp3) is 0.200. The molecular weight excluding hydrogens is 231 g/mol. The van der Waals surface area contributed by atoms with Gasteiger partial charge in [-0.3, -0.25) is 0 Å². The molecule has 0 amide bonds. The number of para-hydroxylation sites is 1. The van der Waals surface area contributed by atoms with Gasteiger partial charge in [-0.05, 0) is 43.7 Å². The minimum atomic E-state index is -0.779. The Kier molecular flexibility index (Phi) is 3.63. The van der Waals surface area contributed by atoms with Crippen molar-refractivity contribution in [3.05, 3.63) is 59.4 Å². The predicted octanol–water partition coefficient (Wildman–Crippen LogP) is 3.98. The second kappa shape index (κ2) is 5.19. The zero-order valence-corrected chi connectivity index (χ0v) is 10.4. The lowest BCUT2D eigenvalue weighted by Crippen LogP contribution is -1.99. The van der Waals surface area contributed by atoms with Gasteiger partial charge in [0.25, 0.3) is 0 Å². The Morgan fingerprint density at radius 2 is 1.83 bits per heavy atom. The number of hydrogen-bond acceptors (Lipinski definition) is 2. The average molecular weight is 246 g/mol. The molecule has 18 heavy (non-hydrogen) atoms. The van der Waals surface area contributed by atoms with Gasteiger partial charge in [0.05, 0.1) is 6.10 Å². The highest BCUT2D eigenvalue weighted by molar-refractivity contribution is 5.42. The van der Waals surface area contributed by atoms with E-state index >= 15 is 0 Å². The standard InChI is InChI=1S/C15H15FO2/c1-10-8-15(13(11(2)17)9-14(10)16)18-12-6-4-3-5-7-12/h3-9,11,17H,1-2H3/t11-/m0/s1. The molecular formula is C15H15FO2. The summed E-state index contributed by atoms with van der Waals surface area (Å²) >= 11 is 0. The van der Waals surface area contributed by atoms with Crippen LogP contribution in [0.1, 0.15) is 24.2 Å². The first-order valence-electron chi connectivity index (χ1n) is 5.79. The molecule has 0 heterocycles. The van der Waals surface area contributed by atoms with Gasteiger partial charge in [0.2, 0.25) is 0 Å². The van der Waals surface area contributed by atoms with Crippen molar-refractivity contribution in [3.8, 4) is 11.5 Å². The Hall–Kier alpha value is -1.87. The molecule has 1 atom stereocenters. The van der Waals surface area contributed by atoms with Crippen LogP contribution >= 0.6 is 0 Å². The number of aryl methyl sites for hydroxylation is 1. The molecule has 0 bridgehead atoms. The van der Waals surface area contributed by atoms with E-state index in [4.69, 9.17) is 4.74 Å². The summed E-state index contributed by atoms with van der Waals surface area (Å²) in [5, 5.41) is 9.65. The highest BCUT2D eigenvalue weighted by atomic mass is 19.1. The quantitative estimate of drug-likeness (QED) is 0.887. The first-order chi connectivity index (χ1) is 8.58. The lowest BCUT2D eigenvalue weighted by atomic mass is 10.1. The van der Waals surface area contributed by atoms with Crippen LogP contribution in [0, 0.1) is 12.7 Å². The van der Waals surface area contributed by atoms with Crippen molar-refractivity contribution in [1.29, 1.82) is 0 Å². The van der Waals surface area contributed by atoms with E-state index in [-0.39, 0.29) is 5.82 Å². The van der Waals surface area contributed by atoms with Gasteiger partial charge in [-0.15, -0.1) is 0 Å². The number of benzene rings is 2. The third-order valence-electron chi connectivity index (χ3n) is 2.71. The monoisotopic (exact) mass is 246 g/mol. The Labute approximate surface area is 106 Å². The topological polar surface area (TPSA) is 29.5 Å². The van der Waals surface area contributed by atoms with Gasteiger partial charge in [0.1, 0.15) is 17.3 Å². The molecule has 0 fully saturated rings. The Bertz CT molecular complexity index is 536. The summed E-state index contributed by atoms with van der Waals surface area (Å²) in [6, 6.07) is 12.1. The van der Waals surface area contributed by atoms with Crippen LogP contribution in [0.5, 0.6) is 11.5 Å². The van der Waals surface area contributed by atoms with E-state index in [1.54, 1.807) is 19.9 Å². The summed E-state index contributed by atoms with van der Waals surface area (Å²) in [4.78, 5) is 0. The summed E-state index contributed by atoms with van der Waals surface area (Å²) < 4.78 is 19.2. The smallest absolute Gasteiger partial charge is 0.133 e. The first-order valence-corrected chi connectivity index (χ1v) is 5.79. The van der Waals surface area contributed by atoms with Crippen LogP contribution in [0.4, 0.5) is 4.39 Å². The van der Waals surface area contributed by atoms with Crippen molar-refractivity contribution in [2.75, 3.05) is 0 Å². The van der Waals surface area contributed by atoms with E-state index in [1.165, 1.54) is 6.07 Å². The Morgan fingerprint density at radius 3 is 2.44 bits per heavy atom. The van der Waals surface area contributed by atoms with E-state index in [0.717, 1.165) is 0 Å². The van der Waals surface area contributed by atoms with Crippen molar-refractivity contribution in [3.63, 3.8) is 0 Å². The van der Waals surface area contributed by atoms with Gasteiger partial charge < -0.3 is 9.84 Å². The van der Waals surface area contributed by atoms with Crippen molar-refractivity contribution in [2.45, 2.75) is 20.0 Å². The van der Waals surface area contributed by atoms with Crippen molar-refractivity contribution >= 4 is 0 Å². The molecule has 0 aromatic heterocycles. The highest BCUT2D eigenvalue weighted by Gasteiger charge is 2.13. The van der Waals surface area contributed by atoms with E-state index in [1.807, 2.05) is 30.3 Å². The number of ether oxygens (including phenoxy) is 1. The summed E-state index contributed by atoms with van der Waals surface area (Å²) in [6.45, 7) is 3.25. The molecule has 0 unspecified atom stereocenters. The second-order valence-electron chi connectivity index (χ2n) is 4.23. The van der Waals surface area contributed by atoms with E-state index in [0.29, 0.717) is 22.6 Å². The molecule has 2 nitrogen and oxygen atoms in total. The molecule has 0 aliphatic carbocycles. The number of rotatable bonds is 3. The summed E-state index contributed by atoms with van der Waals surface area (Å²) in [6.07, 6.45) is -0.779. The predicted molar refractivity (Wildman–Crippen MR) is 68.3 cm³/mol. The minimum absolute atomic E-state index is 0.341. The van der Waals surface area contributed by atoms with Gasteiger partial charge >= 0.3 is 0 Å². The van der Waals surface area contributed by atoms with Gasteiger partial charge in [0, 0.05) is 5.56 Å². The van der Waals surface area contributed by atoms with E-state index in [2.05, 4.69) is 0 Å². The van der Waals surface area contributed by atoms with Gasteiger partial charge in [-0.2, -0.15) is 0 Å². The van der Waals surface area contributed by atoms with E-state index < -0.39 is 6.10 Å². The molecule has 0 spiro atoms. The largest absolute Gasteiger partial charge is 0.457 e. The highest BCUT2D eigenvalue weighted by Crippen LogP contribution is 2.31. The van der Waals surface area contributed by atoms with Crippen LogP contribution in [0.25, 0.3) is 0 Å². The molecule has 0 radical (unpaired) electrons. The SMILES string of the molecule is Cc1cc(Oc2ccccc2)c([C@H](C)O)cc1F. The van der Waals surface area contributed by atoms with Crippen LogP contribution < -0.4 is 4.74 Å². The van der Waals surface area contributed by atoms with Crippen molar-refractivity contribution in [1.82, 2.24) is 0 Å². The molecule has 2 rings (SSSR count). The minimum Gasteiger partial charge on any atom is -0.457 e. The molecule has 0 aliphatic heterocycles. The lowest BCUT2D eigenvalue weighted by molar-refractivity contribution is 0.195. The summed E-state index contributed by atoms with van der Waals surface area (Å²) in [7, 11) is 0. The normalized spacial score (nSPS) is 12.2. The molecule has 94 valence electrons. The lowest BCUT2D eigenvalue weighted by Gasteiger charge is -2.14. The fourth-order valence-electron chi connectivity index (χ4n) is 1.70. The number of hydrogen-bond donors (Lipinski definition) is 1. The number of aliphatic hydroxyl groups is 1. The second-order valence-corrected chi connectivity index (χ2v) is 4.23. The van der Waals surface area contributed by atoms with Crippen LogP contribution in [-0.4, -0.2) is 5.11 Å². The van der Waals surface area contributed by atoms with Gasteiger partial charge in [-0.25, -0.2) is 4.39 Å². The molecule has 2 aromatic carbocycles. The summed E-state index contributed by atoms with van der Waals surface area (Å²) in [5.41, 5.74) is 0.937. The van der Waals surface area contributed by atoms with Crippen molar-refractivity contribution < 1.29 is 14.2 Å². The first kappa shape index (κ1) is 12.6. The maximum Gasteiger partial charge on any atom is 0.133 e. The molecule has 0 saturated heterocycles. The van der Waals surface area contributed by atoms with Crippen LogP contribution in [-0.2, 0) is 0 Å². The van der Waals surface area contributed by atoms with Gasteiger partial charge in [0.15, 0.2) is 0 Å². The van der Waals surface area contributed by atoms with Crippen LogP contribution in [0.15, 0.2) is 42.5 Å². The van der Waals surface area contributed by atoms with Crippen LogP contribution in [0.3, 0.4) is 0 Å². The maximum atomic E-state index is 13.5. The molecule has 1 N–H and O–H groups in total. The summed E-state index contributed by atoms with van der Waals surface area (Å²) in [5.74, 6) is 0.798. The maximum absolute atomic E-state index is 13.5. The fourth-order valence-corrected chi connectivity index (χ4v) is 1.70. The number of aliphatic hydroxyl groups excluding tert-OH is 1. The van der Waals surface area contributed by atoms with E-state index in [9.17, 15) is 9.50 Å². The number of halogens is 1. The Morgan fingerprint density at radius 1 is 1.17 bits per heavy atom. The third-order valence-corrected chi connectivity index (χ3v) is 2.71. The molecule has 0 saturated carbocycles. The molecule has 0 aliphatic rings. The van der Waals surface area contributed by atoms with Gasteiger partial charge in [-0.1, -0.05) is 18.2 Å². The Balaban J connectivity index is 2.40. The molecule has 3 heteroatoms. The molecule has 2 aromatic rings. The van der Waals surface area contributed by atoms with Crippen LogP contribution in [0.2, 0.25) is 0 Å². The zero-order valence-electron chi connectivity index (χ0n) is 10.4. The average Bonchev–Trinajstić information content (AvgIpc) is 2.34. The third kappa shape index (κ3) is 2.68. The zero-order chi connectivity index (χ0) is 13.1. The van der Waals surface area contributed by atoms with Crippen molar-refractivity contribution in [2.24, 2.45) is 0 Å².